The Hall–Kier alpha value is -1.91. The summed E-state index contributed by atoms with van der Waals surface area (Å²) in [6.07, 6.45) is 0. The van der Waals surface area contributed by atoms with Crippen molar-refractivity contribution >= 4 is 15.9 Å². The van der Waals surface area contributed by atoms with Gasteiger partial charge in [-0.3, -0.25) is 4.79 Å². The Kier molecular flexibility index (Phi) is 3.83. The molecule has 1 heterocycles. The number of carbonyl (C=O) groups excluding carboxylic acids is 1. The largest absolute Gasteiger partial charge is 0.354 e. The summed E-state index contributed by atoms with van der Waals surface area (Å²) in [6, 6.07) is 8.35. The Balaban J connectivity index is 2.12. The number of rotatable bonds is 3. The van der Waals surface area contributed by atoms with Crippen molar-refractivity contribution in [2.45, 2.75) is 5.75 Å². The molecule has 100 valence electrons. The number of nitrogens with zero attached hydrogens (tertiary/aromatic N) is 2. The zero-order chi connectivity index (χ0) is 13.9. The molecule has 0 atom stereocenters. The van der Waals surface area contributed by atoms with Gasteiger partial charge in [0.05, 0.1) is 23.9 Å². The van der Waals surface area contributed by atoms with Gasteiger partial charge in [0.2, 0.25) is 15.9 Å². The average molecular weight is 279 g/mol. The van der Waals surface area contributed by atoms with E-state index in [1.54, 1.807) is 24.3 Å². The third kappa shape index (κ3) is 3.30. The van der Waals surface area contributed by atoms with Gasteiger partial charge in [0.15, 0.2) is 0 Å². The van der Waals surface area contributed by atoms with E-state index in [-0.39, 0.29) is 18.2 Å². The van der Waals surface area contributed by atoms with Gasteiger partial charge in [-0.05, 0) is 17.7 Å². The van der Waals surface area contributed by atoms with E-state index in [9.17, 15) is 13.2 Å². The van der Waals surface area contributed by atoms with Crippen LogP contribution < -0.4 is 5.32 Å². The molecular formula is C12H13N3O3S. The van der Waals surface area contributed by atoms with E-state index in [2.05, 4.69) is 5.32 Å². The van der Waals surface area contributed by atoms with Crippen LogP contribution in [0.25, 0.3) is 0 Å². The van der Waals surface area contributed by atoms with E-state index in [1.807, 2.05) is 6.07 Å². The maximum Gasteiger partial charge on any atom is 0.235 e. The lowest BCUT2D eigenvalue weighted by Crippen LogP contribution is -2.50. The average Bonchev–Trinajstić information content (AvgIpc) is 2.39. The molecule has 0 bridgehead atoms. The lowest BCUT2D eigenvalue weighted by Gasteiger charge is -2.25. The molecule has 0 aliphatic carbocycles. The highest BCUT2D eigenvalue weighted by Crippen LogP contribution is 2.12. The summed E-state index contributed by atoms with van der Waals surface area (Å²) in [7, 11) is -3.50. The standard InChI is InChI=1S/C12H13N3O3S/c13-7-10-1-3-11(4-2-10)9-19(17,18)15-6-5-14-12(16)8-15/h1-4H,5-6,8-9H2,(H,14,16). The topological polar surface area (TPSA) is 90.3 Å². The summed E-state index contributed by atoms with van der Waals surface area (Å²) in [5.41, 5.74) is 1.09. The Morgan fingerprint density at radius 3 is 2.58 bits per heavy atom. The minimum atomic E-state index is -3.50. The van der Waals surface area contributed by atoms with Gasteiger partial charge in [-0.15, -0.1) is 0 Å². The number of carbonyl (C=O) groups is 1. The summed E-state index contributed by atoms with van der Waals surface area (Å²) in [6.45, 7) is 0.508. The zero-order valence-electron chi connectivity index (χ0n) is 10.2. The molecule has 1 fully saturated rings. The van der Waals surface area contributed by atoms with Crippen LogP contribution in [0.5, 0.6) is 0 Å². The monoisotopic (exact) mass is 279 g/mol. The number of hydrogen-bond donors (Lipinski definition) is 1. The van der Waals surface area contributed by atoms with Gasteiger partial charge >= 0.3 is 0 Å². The van der Waals surface area contributed by atoms with Gasteiger partial charge in [-0.2, -0.15) is 9.57 Å². The van der Waals surface area contributed by atoms with E-state index in [4.69, 9.17) is 5.26 Å². The molecule has 1 N–H and O–H groups in total. The predicted octanol–water partition coefficient (Wildman–Crippen LogP) is -0.180. The van der Waals surface area contributed by atoms with Crippen LogP contribution in [0, 0.1) is 11.3 Å². The van der Waals surface area contributed by atoms with Crippen LogP contribution in [0.2, 0.25) is 0 Å². The maximum atomic E-state index is 12.1. The number of hydrogen-bond acceptors (Lipinski definition) is 4. The zero-order valence-corrected chi connectivity index (χ0v) is 11.0. The minimum absolute atomic E-state index is 0.126. The summed E-state index contributed by atoms with van der Waals surface area (Å²) < 4.78 is 25.5. The van der Waals surface area contributed by atoms with Crippen molar-refractivity contribution in [3.8, 4) is 6.07 Å². The van der Waals surface area contributed by atoms with Crippen LogP contribution in [-0.4, -0.2) is 38.3 Å². The molecule has 1 aromatic rings. The first-order chi connectivity index (χ1) is 9.01. The van der Waals surface area contributed by atoms with E-state index >= 15 is 0 Å². The maximum absolute atomic E-state index is 12.1. The summed E-state index contributed by atoms with van der Waals surface area (Å²) in [5, 5.41) is 11.3. The highest BCUT2D eigenvalue weighted by atomic mass is 32.2. The van der Waals surface area contributed by atoms with Crippen LogP contribution in [-0.2, 0) is 20.6 Å². The highest BCUT2D eigenvalue weighted by Gasteiger charge is 2.27. The molecular weight excluding hydrogens is 266 g/mol. The Morgan fingerprint density at radius 1 is 1.32 bits per heavy atom. The van der Waals surface area contributed by atoms with E-state index in [0.717, 1.165) is 0 Å². The molecule has 0 saturated carbocycles. The van der Waals surface area contributed by atoms with Gasteiger partial charge in [0.25, 0.3) is 0 Å². The number of sulfonamides is 1. The van der Waals surface area contributed by atoms with Crippen molar-refractivity contribution in [2.75, 3.05) is 19.6 Å². The van der Waals surface area contributed by atoms with E-state index in [1.165, 1.54) is 4.31 Å². The fraction of sp³-hybridized carbons (Fsp3) is 0.333. The molecule has 7 heteroatoms. The van der Waals surface area contributed by atoms with E-state index in [0.29, 0.717) is 24.2 Å². The lowest BCUT2D eigenvalue weighted by atomic mass is 10.2. The highest BCUT2D eigenvalue weighted by molar-refractivity contribution is 7.88. The van der Waals surface area contributed by atoms with Crippen molar-refractivity contribution in [3.63, 3.8) is 0 Å². The second kappa shape index (κ2) is 5.38. The molecule has 1 aliphatic rings. The molecule has 1 aliphatic heterocycles. The van der Waals surface area contributed by atoms with Crippen molar-refractivity contribution in [1.82, 2.24) is 9.62 Å². The molecule has 1 amide bonds. The molecule has 0 spiro atoms. The Labute approximate surface area is 111 Å². The van der Waals surface area contributed by atoms with Gasteiger partial charge in [-0.1, -0.05) is 12.1 Å². The van der Waals surface area contributed by atoms with Crippen LogP contribution >= 0.6 is 0 Å². The SMILES string of the molecule is N#Cc1ccc(CS(=O)(=O)N2CCNC(=O)C2)cc1. The number of piperazine rings is 1. The van der Waals surface area contributed by atoms with Crippen molar-refractivity contribution in [2.24, 2.45) is 0 Å². The second-order valence-corrected chi connectivity index (χ2v) is 6.22. The van der Waals surface area contributed by atoms with E-state index < -0.39 is 10.0 Å². The van der Waals surface area contributed by atoms with Gasteiger partial charge in [0, 0.05) is 13.1 Å². The van der Waals surface area contributed by atoms with Crippen molar-refractivity contribution in [1.29, 1.82) is 5.26 Å². The number of amides is 1. The minimum Gasteiger partial charge on any atom is -0.354 e. The molecule has 0 unspecified atom stereocenters. The number of benzene rings is 1. The molecule has 1 aromatic carbocycles. The molecule has 0 aromatic heterocycles. The fourth-order valence-electron chi connectivity index (χ4n) is 1.83. The second-order valence-electron chi connectivity index (χ2n) is 4.25. The number of nitriles is 1. The molecule has 2 rings (SSSR count). The first kappa shape index (κ1) is 13.5. The molecule has 0 radical (unpaired) electrons. The smallest absolute Gasteiger partial charge is 0.235 e. The van der Waals surface area contributed by atoms with Crippen LogP contribution in [0.4, 0.5) is 0 Å². The quantitative estimate of drug-likeness (QED) is 0.831. The van der Waals surface area contributed by atoms with Gasteiger partial charge < -0.3 is 5.32 Å². The van der Waals surface area contributed by atoms with Crippen molar-refractivity contribution < 1.29 is 13.2 Å². The first-order valence-electron chi connectivity index (χ1n) is 5.75. The van der Waals surface area contributed by atoms with Crippen molar-refractivity contribution in [3.05, 3.63) is 35.4 Å². The first-order valence-corrected chi connectivity index (χ1v) is 7.36. The fourth-order valence-corrected chi connectivity index (χ4v) is 3.31. The normalized spacial score (nSPS) is 16.7. The third-order valence-corrected chi connectivity index (χ3v) is 4.63. The third-order valence-electron chi connectivity index (χ3n) is 2.83. The molecule has 1 saturated heterocycles. The van der Waals surface area contributed by atoms with Crippen LogP contribution in [0.1, 0.15) is 11.1 Å². The lowest BCUT2D eigenvalue weighted by molar-refractivity contribution is -0.122. The Bertz CT molecular complexity index is 617. The van der Waals surface area contributed by atoms with Gasteiger partial charge in [-0.25, -0.2) is 8.42 Å². The predicted molar refractivity (Wildman–Crippen MR) is 68.4 cm³/mol. The van der Waals surface area contributed by atoms with Crippen LogP contribution in [0.15, 0.2) is 24.3 Å². The van der Waals surface area contributed by atoms with Crippen LogP contribution in [0.3, 0.4) is 0 Å². The number of nitrogens with one attached hydrogen (secondary N) is 1. The summed E-state index contributed by atoms with van der Waals surface area (Å²) in [4.78, 5) is 11.2. The van der Waals surface area contributed by atoms with Gasteiger partial charge in [0.1, 0.15) is 0 Å². The molecule has 6 nitrogen and oxygen atoms in total. The summed E-state index contributed by atoms with van der Waals surface area (Å²) >= 11 is 0. The molecule has 19 heavy (non-hydrogen) atoms. The Morgan fingerprint density at radius 2 is 2.00 bits per heavy atom. The summed E-state index contributed by atoms with van der Waals surface area (Å²) in [5.74, 6) is -0.443.